The minimum Gasteiger partial charge on any atom is -0.431 e. The predicted molar refractivity (Wildman–Crippen MR) is 38.8 cm³/mol. The second-order valence-corrected chi connectivity index (χ2v) is 2.18. The topological polar surface area (TPSA) is 27.7 Å². The zero-order valence-corrected chi connectivity index (χ0v) is 7.90. The van der Waals surface area contributed by atoms with Crippen molar-refractivity contribution in [3.63, 3.8) is 0 Å². The summed E-state index contributed by atoms with van der Waals surface area (Å²) in [7, 11) is 0.963. The highest BCUT2D eigenvalue weighted by atomic mass is 19.4. The molecule has 1 unspecified atom stereocenters. The van der Waals surface area contributed by atoms with E-state index in [1.807, 2.05) is 0 Å². The van der Waals surface area contributed by atoms with E-state index in [0.29, 0.717) is 0 Å². The van der Waals surface area contributed by atoms with Crippen LogP contribution in [-0.2, 0) is 14.2 Å². The lowest BCUT2D eigenvalue weighted by Gasteiger charge is -2.19. The van der Waals surface area contributed by atoms with Gasteiger partial charge in [-0.25, -0.2) is 0 Å². The van der Waals surface area contributed by atoms with Gasteiger partial charge >= 0.3 is 18.7 Å². The fraction of sp³-hybridized carbons (Fsp3) is 0.714. The van der Waals surface area contributed by atoms with Crippen LogP contribution in [0.2, 0.25) is 0 Å². The van der Waals surface area contributed by atoms with Crippen LogP contribution in [0, 0.1) is 0 Å². The molecule has 0 fully saturated rings. The first-order valence-corrected chi connectivity index (χ1v) is 3.76. The summed E-state index contributed by atoms with van der Waals surface area (Å²) in [5.41, 5.74) is 0. The van der Waals surface area contributed by atoms with Gasteiger partial charge in [0.25, 0.3) is 5.76 Å². The smallest absolute Gasteiger partial charge is 0.431 e. The normalized spacial score (nSPS) is 13.5. The largest absolute Gasteiger partial charge is 0.454 e. The van der Waals surface area contributed by atoms with E-state index >= 15 is 0 Å². The molecule has 0 aromatic rings. The van der Waals surface area contributed by atoms with Crippen LogP contribution in [0.4, 0.5) is 22.0 Å². The van der Waals surface area contributed by atoms with Crippen LogP contribution < -0.4 is 0 Å². The Morgan fingerprint density at radius 1 is 1.27 bits per heavy atom. The average Bonchev–Trinajstić information content (AvgIpc) is 2.09. The Balaban J connectivity index is 4.63. The summed E-state index contributed by atoms with van der Waals surface area (Å²) in [4.78, 5) is 0. The fourth-order valence-corrected chi connectivity index (χ4v) is 0.601. The maximum Gasteiger partial charge on any atom is 0.454 e. The summed E-state index contributed by atoms with van der Waals surface area (Å²) < 4.78 is 72.0. The van der Waals surface area contributed by atoms with Gasteiger partial charge < -0.3 is 14.2 Å². The maximum atomic E-state index is 11.9. The van der Waals surface area contributed by atoms with Crippen LogP contribution in [0.3, 0.4) is 0 Å². The van der Waals surface area contributed by atoms with Crippen molar-refractivity contribution in [3.8, 4) is 0 Å². The molecule has 15 heavy (non-hydrogen) atoms. The second-order valence-electron chi connectivity index (χ2n) is 2.18. The summed E-state index contributed by atoms with van der Waals surface area (Å²) in [5.74, 6) is -2.41. The molecule has 8 heteroatoms. The Hall–Kier alpha value is -0.890. The summed E-state index contributed by atoms with van der Waals surface area (Å²) in [6.45, 7) is -0.413. The van der Waals surface area contributed by atoms with Crippen molar-refractivity contribution in [2.45, 2.75) is 19.6 Å². The van der Waals surface area contributed by atoms with Gasteiger partial charge in [-0.2, -0.15) is 22.0 Å². The minimum absolute atomic E-state index is 0.0441. The summed E-state index contributed by atoms with van der Waals surface area (Å²) in [6, 6.07) is 0. The van der Waals surface area contributed by atoms with Crippen LogP contribution in [0.15, 0.2) is 11.8 Å². The van der Waals surface area contributed by atoms with Crippen molar-refractivity contribution in [1.82, 2.24) is 0 Å². The Bertz CT molecular complexity index is 221. The van der Waals surface area contributed by atoms with Crippen LogP contribution in [0.25, 0.3) is 0 Å². The van der Waals surface area contributed by atoms with E-state index in [1.54, 1.807) is 0 Å². The van der Waals surface area contributed by atoms with Crippen molar-refractivity contribution in [1.29, 1.82) is 0 Å². The van der Waals surface area contributed by atoms with Gasteiger partial charge in [0, 0.05) is 7.11 Å². The monoisotopic (exact) mass is 236 g/mol. The van der Waals surface area contributed by atoms with Crippen molar-refractivity contribution in [3.05, 3.63) is 11.8 Å². The Labute approximate surface area is 82.4 Å². The molecule has 0 radical (unpaired) electrons. The van der Waals surface area contributed by atoms with Gasteiger partial charge in [-0.15, -0.1) is 0 Å². The summed E-state index contributed by atoms with van der Waals surface area (Å²) in [5, 5.41) is 0. The van der Waals surface area contributed by atoms with E-state index in [0.717, 1.165) is 7.11 Å². The Morgan fingerprint density at radius 2 is 1.80 bits per heavy atom. The number of rotatable bonds is 5. The molecule has 0 spiro atoms. The minimum atomic E-state index is -5.29. The van der Waals surface area contributed by atoms with E-state index in [4.69, 9.17) is 0 Å². The van der Waals surface area contributed by atoms with Crippen LogP contribution in [0.1, 0.15) is 6.92 Å². The Morgan fingerprint density at radius 3 is 2.07 bits per heavy atom. The van der Waals surface area contributed by atoms with Crippen LogP contribution >= 0.6 is 0 Å². The fourth-order valence-electron chi connectivity index (χ4n) is 0.601. The molecule has 1 atom stereocenters. The first-order valence-electron chi connectivity index (χ1n) is 3.76. The molecule has 0 N–H and O–H groups in total. The summed E-state index contributed by atoms with van der Waals surface area (Å²) in [6.07, 6.45) is -8.27. The average molecular weight is 236 g/mol. The molecule has 0 rings (SSSR count). The van der Waals surface area contributed by atoms with Gasteiger partial charge in [-0.1, -0.05) is 0 Å². The van der Waals surface area contributed by atoms with Crippen LogP contribution in [0.5, 0.6) is 0 Å². The van der Waals surface area contributed by atoms with E-state index in [1.165, 1.54) is 6.92 Å². The first kappa shape index (κ1) is 14.1. The highest BCUT2D eigenvalue weighted by Gasteiger charge is 2.42. The van der Waals surface area contributed by atoms with Crippen LogP contribution in [-0.4, -0.2) is 26.4 Å². The zero-order chi connectivity index (χ0) is 12.1. The number of halogens is 5. The second kappa shape index (κ2) is 5.86. The number of alkyl halides is 3. The molecule has 0 aromatic carbocycles. The van der Waals surface area contributed by atoms with Gasteiger partial charge in [0.1, 0.15) is 0 Å². The van der Waals surface area contributed by atoms with Gasteiger partial charge in [-0.05, 0) is 6.92 Å². The molecule has 0 aliphatic heterocycles. The van der Waals surface area contributed by atoms with Gasteiger partial charge in [0.2, 0.25) is 0 Å². The molecule has 0 saturated heterocycles. The third kappa shape index (κ3) is 4.93. The highest BCUT2D eigenvalue weighted by Crippen LogP contribution is 2.31. The molecule has 3 nitrogen and oxygen atoms in total. The van der Waals surface area contributed by atoms with Gasteiger partial charge in [-0.3, -0.25) is 0 Å². The van der Waals surface area contributed by atoms with Crippen molar-refractivity contribution >= 4 is 0 Å². The van der Waals surface area contributed by atoms with E-state index in [2.05, 4.69) is 14.2 Å². The molecule has 0 bridgehead atoms. The number of allylic oxidation sites excluding steroid dienone is 1. The highest BCUT2D eigenvalue weighted by molar-refractivity contribution is 5.00. The number of ether oxygens (including phenoxy) is 3. The molecule has 90 valence electrons. The molecular formula is C7H9F5O3. The third-order valence-electron chi connectivity index (χ3n) is 1.14. The molecule has 0 amide bonds. The van der Waals surface area contributed by atoms with E-state index in [9.17, 15) is 22.0 Å². The molecule has 0 saturated carbocycles. The van der Waals surface area contributed by atoms with E-state index in [-0.39, 0.29) is 6.61 Å². The number of hydrogen-bond donors (Lipinski definition) is 0. The van der Waals surface area contributed by atoms with Gasteiger partial charge in [0.15, 0.2) is 0 Å². The zero-order valence-electron chi connectivity index (χ0n) is 7.90. The first-order chi connectivity index (χ1) is 6.82. The lowest BCUT2D eigenvalue weighted by Crippen LogP contribution is -2.25. The molecule has 0 aliphatic rings. The molecule has 0 aliphatic carbocycles. The van der Waals surface area contributed by atoms with Crippen molar-refractivity contribution in [2.75, 3.05) is 13.7 Å². The van der Waals surface area contributed by atoms with Crippen molar-refractivity contribution < 1.29 is 36.2 Å². The Kier molecular flexibility index (Phi) is 5.51. The quantitative estimate of drug-likeness (QED) is 0.417. The van der Waals surface area contributed by atoms with Gasteiger partial charge in [0.05, 0.1) is 6.61 Å². The summed E-state index contributed by atoms with van der Waals surface area (Å²) >= 11 is 0. The SMILES string of the molecule is CCOC(OC)OC(=C(F)F)C(F)(F)F. The van der Waals surface area contributed by atoms with Crippen molar-refractivity contribution in [2.24, 2.45) is 0 Å². The standard InChI is InChI=1S/C7H9F5O3/c1-3-14-6(13-2)15-4(5(8)9)7(10,11)12/h6H,3H2,1-2H3. The lowest BCUT2D eigenvalue weighted by molar-refractivity contribution is -0.282. The third-order valence-corrected chi connectivity index (χ3v) is 1.14. The molecular weight excluding hydrogens is 227 g/mol. The molecule has 0 heterocycles. The number of hydrogen-bond acceptors (Lipinski definition) is 3. The lowest BCUT2D eigenvalue weighted by atomic mass is 10.5. The maximum absolute atomic E-state index is 11.9. The molecule has 0 aromatic heterocycles. The van der Waals surface area contributed by atoms with E-state index < -0.39 is 24.5 Å². The number of methoxy groups -OCH3 is 1. The predicted octanol–water partition coefficient (Wildman–Crippen LogP) is 2.64.